The van der Waals surface area contributed by atoms with Crippen molar-refractivity contribution in [3.63, 3.8) is 0 Å². The number of carbonyl (C=O) groups is 1. The van der Waals surface area contributed by atoms with Gasteiger partial charge >= 0.3 is 0 Å². The minimum Gasteiger partial charge on any atom is -0.343 e. The molecule has 0 spiro atoms. The summed E-state index contributed by atoms with van der Waals surface area (Å²) >= 11 is 1.64. The monoisotopic (exact) mass is 434 g/mol. The van der Waals surface area contributed by atoms with Gasteiger partial charge in [0.05, 0.1) is 16.3 Å². The van der Waals surface area contributed by atoms with Gasteiger partial charge < -0.3 is 9.80 Å². The minimum absolute atomic E-state index is 0.0151. The zero-order chi connectivity index (χ0) is 21.4. The van der Waals surface area contributed by atoms with Crippen LogP contribution in [0, 0.1) is 5.92 Å². The van der Waals surface area contributed by atoms with Crippen LogP contribution in [-0.4, -0.2) is 56.6 Å². The number of thiophene rings is 1. The summed E-state index contributed by atoms with van der Waals surface area (Å²) in [6, 6.07) is 12.1. The molecule has 160 valence electrons. The van der Waals surface area contributed by atoms with Gasteiger partial charge in [0.1, 0.15) is 0 Å². The standard InChI is InChI=1S/C23H26N6OS/c1-3-27(4-2)22(30)16-9-7-13-28(15-16)23-24-18-11-6-5-10-17(18)20-25-26-21(29(20)23)19-12-8-14-31-19/h5-6,8,10-12,14,16H,3-4,7,9,13,15H2,1-2H3. The molecule has 1 aromatic carbocycles. The van der Waals surface area contributed by atoms with Crippen molar-refractivity contribution in [1.82, 2.24) is 24.5 Å². The number of rotatable bonds is 5. The molecule has 1 amide bonds. The van der Waals surface area contributed by atoms with E-state index in [1.54, 1.807) is 11.3 Å². The quantitative estimate of drug-likeness (QED) is 0.473. The summed E-state index contributed by atoms with van der Waals surface area (Å²) in [6.45, 7) is 7.11. The second kappa shape index (κ2) is 8.26. The van der Waals surface area contributed by atoms with Crippen molar-refractivity contribution in [1.29, 1.82) is 0 Å². The summed E-state index contributed by atoms with van der Waals surface area (Å²) in [7, 11) is 0. The van der Waals surface area contributed by atoms with E-state index in [-0.39, 0.29) is 11.8 Å². The molecular weight excluding hydrogens is 408 g/mol. The number of nitrogens with zero attached hydrogens (tertiary/aromatic N) is 6. The van der Waals surface area contributed by atoms with Crippen molar-refractivity contribution < 1.29 is 4.79 Å². The van der Waals surface area contributed by atoms with Crippen LogP contribution in [0.1, 0.15) is 26.7 Å². The third-order valence-corrected chi connectivity index (χ3v) is 6.96. The van der Waals surface area contributed by atoms with Gasteiger partial charge in [-0.2, -0.15) is 0 Å². The van der Waals surface area contributed by atoms with E-state index in [0.717, 1.165) is 65.7 Å². The fourth-order valence-corrected chi connectivity index (χ4v) is 5.20. The van der Waals surface area contributed by atoms with Crippen LogP contribution in [0.25, 0.3) is 27.3 Å². The number of fused-ring (bicyclic) bond motifs is 3. The topological polar surface area (TPSA) is 66.6 Å². The van der Waals surface area contributed by atoms with Gasteiger partial charge in [-0.1, -0.05) is 18.2 Å². The van der Waals surface area contributed by atoms with Crippen molar-refractivity contribution >= 4 is 39.7 Å². The van der Waals surface area contributed by atoms with Crippen molar-refractivity contribution in [3.8, 4) is 10.7 Å². The molecular formula is C23H26N6OS. The first kappa shape index (κ1) is 19.9. The van der Waals surface area contributed by atoms with Gasteiger partial charge in [-0.25, -0.2) is 9.38 Å². The van der Waals surface area contributed by atoms with E-state index in [1.807, 2.05) is 54.5 Å². The maximum Gasteiger partial charge on any atom is 0.227 e. The Morgan fingerprint density at radius 2 is 2.00 bits per heavy atom. The van der Waals surface area contributed by atoms with Crippen LogP contribution in [0.2, 0.25) is 0 Å². The lowest BCUT2D eigenvalue weighted by atomic mass is 9.96. The average Bonchev–Trinajstić information content (AvgIpc) is 3.49. The Labute approximate surface area is 185 Å². The number of hydrogen-bond acceptors (Lipinski definition) is 6. The van der Waals surface area contributed by atoms with Crippen molar-refractivity contribution in [2.24, 2.45) is 5.92 Å². The zero-order valence-corrected chi connectivity index (χ0v) is 18.7. The van der Waals surface area contributed by atoms with Gasteiger partial charge in [0.25, 0.3) is 0 Å². The van der Waals surface area contributed by atoms with E-state index in [0.29, 0.717) is 6.54 Å². The molecule has 4 aromatic rings. The zero-order valence-electron chi connectivity index (χ0n) is 17.9. The molecule has 0 radical (unpaired) electrons. The molecule has 0 aliphatic carbocycles. The molecule has 1 aliphatic heterocycles. The van der Waals surface area contributed by atoms with Crippen LogP contribution in [0.15, 0.2) is 41.8 Å². The number of para-hydroxylation sites is 1. The molecule has 0 saturated carbocycles. The van der Waals surface area contributed by atoms with Crippen LogP contribution in [0.5, 0.6) is 0 Å². The summed E-state index contributed by atoms with van der Waals surface area (Å²) in [6.07, 6.45) is 1.88. The third-order valence-electron chi connectivity index (χ3n) is 6.10. The van der Waals surface area contributed by atoms with Crippen molar-refractivity contribution in [2.45, 2.75) is 26.7 Å². The van der Waals surface area contributed by atoms with Gasteiger partial charge in [-0.05, 0) is 50.3 Å². The number of carbonyl (C=O) groups excluding carboxylic acids is 1. The number of amides is 1. The van der Waals surface area contributed by atoms with Crippen LogP contribution in [0.3, 0.4) is 0 Å². The number of benzene rings is 1. The maximum absolute atomic E-state index is 13.1. The van der Waals surface area contributed by atoms with E-state index in [2.05, 4.69) is 25.6 Å². The molecule has 3 aromatic heterocycles. The van der Waals surface area contributed by atoms with E-state index < -0.39 is 0 Å². The molecule has 1 unspecified atom stereocenters. The second-order valence-corrected chi connectivity index (χ2v) is 8.83. The highest BCUT2D eigenvalue weighted by Gasteiger charge is 2.31. The smallest absolute Gasteiger partial charge is 0.227 e. The van der Waals surface area contributed by atoms with Gasteiger partial charge in [-0.15, -0.1) is 21.5 Å². The molecule has 0 N–H and O–H groups in total. The van der Waals surface area contributed by atoms with E-state index in [4.69, 9.17) is 4.98 Å². The largest absolute Gasteiger partial charge is 0.343 e. The summed E-state index contributed by atoms with van der Waals surface area (Å²) in [5, 5.41) is 12.1. The summed E-state index contributed by atoms with van der Waals surface area (Å²) < 4.78 is 2.07. The Balaban J connectivity index is 1.63. The fraction of sp³-hybridized carbons (Fsp3) is 0.391. The summed E-state index contributed by atoms with van der Waals surface area (Å²) in [5.74, 6) is 1.85. The maximum atomic E-state index is 13.1. The molecule has 7 nitrogen and oxygen atoms in total. The fourth-order valence-electron chi connectivity index (χ4n) is 4.50. The van der Waals surface area contributed by atoms with Crippen LogP contribution >= 0.6 is 11.3 Å². The number of anilines is 1. The number of hydrogen-bond donors (Lipinski definition) is 0. The van der Waals surface area contributed by atoms with Gasteiger partial charge in [0.2, 0.25) is 11.9 Å². The lowest BCUT2D eigenvalue weighted by Crippen LogP contribution is -2.45. The van der Waals surface area contributed by atoms with Crippen molar-refractivity contribution in [3.05, 3.63) is 41.8 Å². The first-order chi connectivity index (χ1) is 15.2. The highest BCUT2D eigenvalue weighted by Crippen LogP contribution is 2.32. The first-order valence-corrected chi connectivity index (χ1v) is 11.8. The Bertz CT molecular complexity index is 1210. The lowest BCUT2D eigenvalue weighted by Gasteiger charge is -2.35. The molecule has 1 fully saturated rings. The van der Waals surface area contributed by atoms with E-state index in [1.165, 1.54) is 0 Å². The van der Waals surface area contributed by atoms with E-state index >= 15 is 0 Å². The highest BCUT2D eigenvalue weighted by atomic mass is 32.1. The SMILES string of the molecule is CCN(CC)C(=O)C1CCCN(c2nc3ccccc3c3nnc(-c4cccs4)n23)C1. The molecule has 1 saturated heterocycles. The molecule has 4 heterocycles. The number of piperidine rings is 1. The average molecular weight is 435 g/mol. The van der Waals surface area contributed by atoms with Crippen molar-refractivity contribution in [2.75, 3.05) is 31.1 Å². The van der Waals surface area contributed by atoms with Crippen LogP contribution < -0.4 is 4.90 Å². The molecule has 1 atom stereocenters. The first-order valence-electron chi connectivity index (χ1n) is 10.9. The van der Waals surface area contributed by atoms with Gasteiger partial charge in [-0.3, -0.25) is 4.79 Å². The Morgan fingerprint density at radius 1 is 1.16 bits per heavy atom. The molecule has 31 heavy (non-hydrogen) atoms. The highest BCUT2D eigenvalue weighted by molar-refractivity contribution is 7.13. The lowest BCUT2D eigenvalue weighted by molar-refractivity contribution is -0.135. The second-order valence-electron chi connectivity index (χ2n) is 7.88. The Morgan fingerprint density at radius 3 is 2.77 bits per heavy atom. The van der Waals surface area contributed by atoms with E-state index in [9.17, 15) is 4.79 Å². The third kappa shape index (κ3) is 3.44. The van der Waals surface area contributed by atoms with Crippen LogP contribution in [0.4, 0.5) is 5.95 Å². The molecule has 5 rings (SSSR count). The van der Waals surface area contributed by atoms with Crippen LogP contribution in [-0.2, 0) is 4.79 Å². The summed E-state index contributed by atoms with van der Waals surface area (Å²) in [5.41, 5.74) is 1.70. The summed E-state index contributed by atoms with van der Waals surface area (Å²) in [4.78, 5) is 23.3. The predicted molar refractivity (Wildman–Crippen MR) is 124 cm³/mol. The van der Waals surface area contributed by atoms with Gasteiger partial charge in [0, 0.05) is 31.6 Å². The molecule has 1 aliphatic rings. The molecule has 0 bridgehead atoms. The Kier molecular flexibility index (Phi) is 5.31. The predicted octanol–water partition coefficient (Wildman–Crippen LogP) is 4.09. The number of aromatic nitrogens is 4. The Hall–Kier alpha value is -3.00. The molecule has 8 heteroatoms. The normalized spacial score (nSPS) is 16.8. The minimum atomic E-state index is -0.0151. The van der Waals surface area contributed by atoms with Gasteiger partial charge in [0.15, 0.2) is 11.5 Å².